The first kappa shape index (κ1) is 20.2. The van der Waals surface area contributed by atoms with Gasteiger partial charge < -0.3 is 10.1 Å². The van der Waals surface area contributed by atoms with Gasteiger partial charge in [-0.25, -0.2) is 8.42 Å². The third-order valence-electron chi connectivity index (χ3n) is 5.01. The number of amides is 1. The van der Waals surface area contributed by atoms with E-state index in [1.807, 2.05) is 27.7 Å². The lowest BCUT2D eigenvalue weighted by Gasteiger charge is -2.35. The molecule has 7 heteroatoms. The number of sulfonamides is 1. The summed E-state index contributed by atoms with van der Waals surface area (Å²) in [6, 6.07) is 13.5. The molecule has 0 aromatic heterocycles. The van der Waals surface area contributed by atoms with E-state index in [1.165, 1.54) is 4.31 Å². The molecule has 2 atom stereocenters. The highest BCUT2D eigenvalue weighted by Crippen LogP contribution is 2.36. The number of aryl methyl sites for hydroxylation is 1. The molecule has 0 radical (unpaired) electrons. The molecule has 28 heavy (non-hydrogen) atoms. The predicted molar refractivity (Wildman–Crippen MR) is 109 cm³/mol. The molecular formula is C21H26N2O4S. The van der Waals surface area contributed by atoms with Gasteiger partial charge in [-0.2, -0.15) is 0 Å². The van der Waals surface area contributed by atoms with Crippen LogP contribution in [0.1, 0.15) is 26.3 Å². The first-order valence-electron chi connectivity index (χ1n) is 9.35. The first-order valence-corrected chi connectivity index (χ1v) is 10.8. The summed E-state index contributed by atoms with van der Waals surface area (Å²) >= 11 is 0. The summed E-state index contributed by atoms with van der Waals surface area (Å²) in [5.41, 5.74) is 1.41. The Morgan fingerprint density at radius 2 is 1.75 bits per heavy atom. The average molecular weight is 403 g/mol. The largest absolute Gasteiger partial charge is 0.476 e. The lowest BCUT2D eigenvalue weighted by molar-refractivity contribution is -0.128. The standard InChI is InChI=1S/C21H26N2O4S/c1-14(2)16(4)22-21(24)20-13-23(18-7-5-6-8-19(18)27-20)28(25,26)17-11-9-15(3)10-12-17/h5-12,14,16,20H,13H2,1-4H3,(H,22,24)/t16-,20+/m0/s1. The van der Waals surface area contributed by atoms with Crippen LogP contribution in [-0.2, 0) is 14.8 Å². The van der Waals surface area contributed by atoms with Crippen molar-refractivity contribution in [3.05, 3.63) is 54.1 Å². The highest BCUT2D eigenvalue weighted by Gasteiger charge is 2.37. The van der Waals surface area contributed by atoms with E-state index in [-0.39, 0.29) is 29.3 Å². The number of ether oxygens (including phenoxy) is 1. The summed E-state index contributed by atoms with van der Waals surface area (Å²) in [4.78, 5) is 12.9. The third kappa shape index (κ3) is 3.99. The Labute approximate surface area is 166 Å². The number of hydrogen-bond donors (Lipinski definition) is 1. The van der Waals surface area contributed by atoms with Crippen LogP contribution in [0.4, 0.5) is 5.69 Å². The third-order valence-corrected chi connectivity index (χ3v) is 6.80. The minimum Gasteiger partial charge on any atom is -0.476 e. The van der Waals surface area contributed by atoms with Gasteiger partial charge in [-0.3, -0.25) is 9.10 Å². The van der Waals surface area contributed by atoms with Gasteiger partial charge in [0.15, 0.2) is 6.10 Å². The van der Waals surface area contributed by atoms with Crippen molar-refractivity contribution in [1.29, 1.82) is 0 Å². The van der Waals surface area contributed by atoms with Crippen molar-refractivity contribution >= 4 is 21.6 Å². The van der Waals surface area contributed by atoms with Gasteiger partial charge in [0.05, 0.1) is 17.1 Å². The van der Waals surface area contributed by atoms with E-state index in [0.717, 1.165) is 5.56 Å². The molecule has 1 amide bonds. The Morgan fingerprint density at radius 1 is 1.11 bits per heavy atom. The van der Waals surface area contributed by atoms with E-state index in [2.05, 4.69) is 5.32 Å². The molecule has 1 aliphatic heterocycles. The summed E-state index contributed by atoms with van der Waals surface area (Å²) in [6.07, 6.45) is -0.920. The van der Waals surface area contributed by atoms with Crippen LogP contribution in [0.3, 0.4) is 0 Å². The van der Waals surface area contributed by atoms with E-state index in [0.29, 0.717) is 11.4 Å². The summed E-state index contributed by atoms with van der Waals surface area (Å²) in [7, 11) is -3.83. The molecule has 2 aromatic carbocycles. The molecule has 0 spiro atoms. The topological polar surface area (TPSA) is 75.7 Å². The first-order chi connectivity index (χ1) is 13.2. The maximum absolute atomic E-state index is 13.3. The van der Waals surface area contributed by atoms with Gasteiger partial charge in [0.2, 0.25) is 0 Å². The van der Waals surface area contributed by atoms with Crippen LogP contribution in [0.15, 0.2) is 53.4 Å². The molecule has 0 bridgehead atoms. The van der Waals surface area contributed by atoms with Gasteiger partial charge in [-0.15, -0.1) is 0 Å². The number of para-hydroxylation sites is 2. The van der Waals surface area contributed by atoms with Gasteiger partial charge in [0.1, 0.15) is 5.75 Å². The second-order valence-electron chi connectivity index (χ2n) is 7.46. The number of hydrogen-bond acceptors (Lipinski definition) is 4. The van der Waals surface area contributed by atoms with Crippen LogP contribution in [0.2, 0.25) is 0 Å². The molecule has 150 valence electrons. The molecule has 1 heterocycles. The van der Waals surface area contributed by atoms with Crippen LogP contribution in [0.5, 0.6) is 5.75 Å². The monoisotopic (exact) mass is 402 g/mol. The average Bonchev–Trinajstić information content (AvgIpc) is 2.67. The molecule has 2 aromatic rings. The zero-order valence-electron chi connectivity index (χ0n) is 16.5. The van der Waals surface area contributed by atoms with E-state index >= 15 is 0 Å². The lowest BCUT2D eigenvalue weighted by Crippen LogP contribution is -2.52. The van der Waals surface area contributed by atoms with Crippen molar-refractivity contribution < 1.29 is 17.9 Å². The van der Waals surface area contributed by atoms with E-state index in [4.69, 9.17) is 4.74 Å². The molecular weight excluding hydrogens is 376 g/mol. The summed E-state index contributed by atoms with van der Waals surface area (Å²) in [6.45, 7) is 7.76. The maximum atomic E-state index is 13.3. The number of nitrogens with zero attached hydrogens (tertiary/aromatic N) is 1. The molecule has 1 aliphatic rings. The minimum absolute atomic E-state index is 0.0459. The number of rotatable bonds is 5. The van der Waals surface area contributed by atoms with Gasteiger partial charge in [-0.1, -0.05) is 43.7 Å². The summed E-state index contributed by atoms with van der Waals surface area (Å²) in [5, 5.41) is 2.91. The number of carbonyl (C=O) groups is 1. The van der Waals surface area contributed by atoms with Crippen molar-refractivity contribution in [1.82, 2.24) is 5.32 Å². The molecule has 1 N–H and O–H groups in total. The van der Waals surface area contributed by atoms with Gasteiger partial charge in [-0.05, 0) is 44.0 Å². The van der Waals surface area contributed by atoms with E-state index < -0.39 is 16.1 Å². The summed E-state index contributed by atoms with van der Waals surface area (Å²) in [5.74, 6) is 0.314. The Hall–Kier alpha value is -2.54. The van der Waals surface area contributed by atoms with Crippen molar-refractivity contribution in [3.8, 4) is 5.75 Å². The normalized spacial score (nSPS) is 17.6. The Bertz CT molecular complexity index is 955. The molecule has 0 unspecified atom stereocenters. The highest BCUT2D eigenvalue weighted by molar-refractivity contribution is 7.92. The fourth-order valence-corrected chi connectivity index (χ4v) is 4.36. The quantitative estimate of drug-likeness (QED) is 0.834. The minimum atomic E-state index is -3.83. The van der Waals surface area contributed by atoms with Crippen molar-refractivity contribution in [3.63, 3.8) is 0 Å². The van der Waals surface area contributed by atoms with Crippen LogP contribution >= 0.6 is 0 Å². The molecule has 0 aliphatic carbocycles. The van der Waals surface area contributed by atoms with Gasteiger partial charge >= 0.3 is 0 Å². The number of nitrogens with one attached hydrogen (secondary N) is 1. The zero-order chi connectivity index (χ0) is 20.5. The number of benzene rings is 2. The van der Waals surface area contributed by atoms with Crippen LogP contribution in [-0.4, -0.2) is 33.0 Å². The predicted octanol–water partition coefficient (Wildman–Crippen LogP) is 3.11. The highest BCUT2D eigenvalue weighted by atomic mass is 32.2. The van der Waals surface area contributed by atoms with E-state index in [9.17, 15) is 13.2 Å². The van der Waals surface area contributed by atoms with Gasteiger partial charge in [0.25, 0.3) is 15.9 Å². The van der Waals surface area contributed by atoms with Crippen molar-refractivity contribution in [2.75, 3.05) is 10.8 Å². The molecule has 0 saturated heterocycles. The van der Waals surface area contributed by atoms with Crippen molar-refractivity contribution in [2.24, 2.45) is 5.92 Å². The molecule has 0 saturated carbocycles. The number of carbonyl (C=O) groups excluding carboxylic acids is 1. The number of anilines is 1. The Morgan fingerprint density at radius 3 is 2.39 bits per heavy atom. The molecule has 0 fully saturated rings. The smallest absolute Gasteiger partial charge is 0.264 e. The summed E-state index contributed by atoms with van der Waals surface area (Å²) < 4.78 is 33.7. The fourth-order valence-electron chi connectivity index (χ4n) is 2.89. The van der Waals surface area contributed by atoms with Crippen LogP contribution < -0.4 is 14.4 Å². The Kier molecular flexibility index (Phi) is 5.65. The maximum Gasteiger partial charge on any atom is 0.264 e. The molecule has 3 rings (SSSR count). The van der Waals surface area contributed by atoms with Gasteiger partial charge in [0, 0.05) is 6.04 Å². The Balaban J connectivity index is 1.96. The fraction of sp³-hybridized carbons (Fsp3) is 0.381. The second-order valence-corrected chi connectivity index (χ2v) is 9.33. The molecule has 6 nitrogen and oxygen atoms in total. The van der Waals surface area contributed by atoms with Crippen molar-refractivity contribution in [2.45, 2.75) is 44.7 Å². The van der Waals surface area contributed by atoms with Crippen LogP contribution in [0, 0.1) is 12.8 Å². The number of fused-ring (bicyclic) bond motifs is 1. The lowest BCUT2D eigenvalue weighted by atomic mass is 10.1. The van der Waals surface area contributed by atoms with E-state index in [1.54, 1.807) is 48.5 Å². The zero-order valence-corrected chi connectivity index (χ0v) is 17.4. The second kappa shape index (κ2) is 7.83. The van der Waals surface area contributed by atoms with Crippen LogP contribution in [0.25, 0.3) is 0 Å². The SMILES string of the molecule is Cc1ccc(S(=O)(=O)N2C[C@H](C(=O)N[C@@H](C)C(C)C)Oc3ccccc32)cc1.